The minimum Gasteiger partial charge on any atom is -0.468 e. The maximum Gasteiger partial charge on any atom is 0.328 e. The number of nitrogens with one attached hydrogen (secondary N) is 1. The number of sulfonamides is 1. The first-order valence-electron chi connectivity index (χ1n) is 6.35. The van der Waals surface area contributed by atoms with E-state index in [4.69, 9.17) is 0 Å². The van der Waals surface area contributed by atoms with Crippen molar-refractivity contribution in [3.8, 4) is 0 Å². The van der Waals surface area contributed by atoms with Crippen LogP contribution in [0.2, 0.25) is 0 Å². The van der Waals surface area contributed by atoms with Crippen LogP contribution >= 0.6 is 0 Å². The van der Waals surface area contributed by atoms with Crippen LogP contribution < -0.4 is 4.72 Å². The zero-order chi connectivity index (χ0) is 16.2. The number of methoxy groups -OCH3 is 1. The monoisotopic (exact) mass is 323 g/mol. The Balaban J connectivity index is 2.37. The minimum absolute atomic E-state index is 0.266. The largest absolute Gasteiger partial charge is 0.468 e. The molecule has 1 unspecified atom stereocenters. The lowest BCUT2D eigenvalue weighted by Gasteiger charge is -2.17. The van der Waals surface area contributed by atoms with Crippen LogP contribution in [0.3, 0.4) is 0 Å². The summed E-state index contributed by atoms with van der Waals surface area (Å²) in [7, 11) is -2.91. The summed E-state index contributed by atoms with van der Waals surface area (Å²) in [5.74, 6) is -1.44. The van der Waals surface area contributed by atoms with E-state index in [-0.39, 0.29) is 4.90 Å². The van der Waals surface area contributed by atoms with Crippen LogP contribution in [0, 0.1) is 5.82 Å². The van der Waals surface area contributed by atoms with Crippen molar-refractivity contribution in [1.82, 2.24) is 4.72 Å². The maximum atomic E-state index is 13.2. The van der Waals surface area contributed by atoms with Crippen LogP contribution in [0.4, 0.5) is 4.39 Å². The van der Waals surface area contributed by atoms with Gasteiger partial charge in [-0.1, -0.05) is 36.4 Å². The van der Waals surface area contributed by atoms with Gasteiger partial charge in [0.25, 0.3) is 0 Å². The van der Waals surface area contributed by atoms with Gasteiger partial charge < -0.3 is 4.74 Å². The third-order valence-corrected chi connectivity index (χ3v) is 4.37. The molecule has 2 rings (SSSR count). The molecule has 0 spiro atoms. The second kappa shape index (κ2) is 6.67. The standard InChI is InChI=1S/C15H14FNO4S/c1-21-15(18)14(11-6-3-2-4-7-11)17-22(19,20)13-9-5-8-12(16)10-13/h2-10,14,17H,1H3. The highest BCUT2D eigenvalue weighted by molar-refractivity contribution is 7.89. The van der Waals surface area contributed by atoms with E-state index in [1.807, 2.05) is 0 Å². The van der Waals surface area contributed by atoms with Crippen molar-refractivity contribution >= 4 is 16.0 Å². The summed E-state index contributed by atoms with van der Waals surface area (Å²) in [5, 5.41) is 0. The average molecular weight is 323 g/mol. The Kier molecular flexibility index (Phi) is 4.89. The number of hydrogen-bond donors (Lipinski definition) is 1. The van der Waals surface area contributed by atoms with E-state index in [0.717, 1.165) is 19.2 Å². The lowest BCUT2D eigenvalue weighted by atomic mass is 10.1. The highest BCUT2D eigenvalue weighted by Gasteiger charge is 2.28. The van der Waals surface area contributed by atoms with E-state index in [2.05, 4.69) is 9.46 Å². The first-order valence-corrected chi connectivity index (χ1v) is 7.83. The van der Waals surface area contributed by atoms with E-state index < -0.39 is 27.9 Å². The molecule has 0 aliphatic heterocycles. The third kappa shape index (κ3) is 3.69. The van der Waals surface area contributed by atoms with E-state index in [1.165, 1.54) is 12.1 Å². The van der Waals surface area contributed by atoms with Crippen LogP contribution in [-0.2, 0) is 19.6 Å². The third-order valence-electron chi connectivity index (χ3n) is 2.95. The van der Waals surface area contributed by atoms with Crippen molar-refractivity contribution in [3.05, 3.63) is 66.0 Å². The molecule has 116 valence electrons. The summed E-state index contributed by atoms with van der Waals surface area (Å²) < 4.78 is 44.7. The summed E-state index contributed by atoms with van der Waals surface area (Å²) in [6.45, 7) is 0. The highest BCUT2D eigenvalue weighted by Crippen LogP contribution is 2.19. The van der Waals surface area contributed by atoms with Gasteiger partial charge in [0.2, 0.25) is 10.0 Å². The lowest BCUT2D eigenvalue weighted by Crippen LogP contribution is -2.34. The predicted molar refractivity (Wildman–Crippen MR) is 77.9 cm³/mol. The fraction of sp³-hybridized carbons (Fsp3) is 0.133. The van der Waals surface area contributed by atoms with Gasteiger partial charge in [0.15, 0.2) is 0 Å². The molecule has 5 nitrogen and oxygen atoms in total. The molecule has 0 aromatic heterocycles. The summed E-state index contributed by atoms with van der Waals surface area (Å²) in [6.07, 6.45) is 0. The molecule has 0 aliphatic carbocycles. The number of halogens is 1. The molecule has 0 bridgehead atoms. The van der Waals surface area contributed by atoms with Gasteiger partial charge in [0.1, 0.15) is 11.9 Å². The maximum absolute atomic E-state index is 13.2. The zero-order valence-corrected chi connectivity index (χ0v) is 12.5. The number of carbonyl (C=O) groups excluding carboxylic acids is 1. The van der Waals surface area contributed by atoms with E-state index in [1.54, 1.807) is 30.3 Å². The summed E-state index contributed by atoms with van der Waals surface area (Å²) in [6, 6.07) is 11.6. The number of ether oxygens (including phenoxy) is 1. The first kappa shape index (κ1) is 16.1. The molecule has 1 atom stereocenters. The molecule has 0 saturated carbocycles. The van der Waals surface area contributed by atoms with Crippen molar-refractivity contribution in [1.29, 1.82) is 0 Å². The fourth-order valence-corrected chi connectivity index (χ4v) is 3.08. The van der Waals surface area contributed by atoms with Crippen molar-refractivity contribution in [3.63, 3.8) is 0 Å². The Bertz CT molecular complexity index is 762. The van der Waals surface area contributed by atoms with Gasteiger partial charge in [0, 0.05) is 0 Å². The van der Waals surface area contributed by atoms with Crippen molar-refractivity contribution in [2.75, 3.05) is 7.11 Å². The van der Waals surface area contributed by atoms with Crippen LogP contribution in [0.1, 0.15) is 11.6 Å². The van der Waals surface area contributed by atoms with Gasteiger partial charge in [-0.25, -0.2) is 17.6 Å². The Hall–Kier alpha value is -2.25. The number of hydrogen-bond acceptors (Lipinski definition) is 4. The van der Waals surface area contributed by atoms with Crippen molar-refractivity contribution in [2.24, 2.45) is 0 Å². The number of rotatable bonds is 5. The summed E-state index contributed by atoms with van der Waals surface area (Å²) >= 11 is 0. The molecular formula is C15H14FNO4S. The Morgan fingerprint density at radius 1 is 1.14 bits per heavy atom. The van der Waals surface area contributed by atoms with Gasteiger partial charge >= 0.3 is 5.97 Å². The van der Waals surface area contributed by atoms with Crippen molar-refractivity contribution in [2.45, 2.75) is 10.9 Å². The molecule has 0 fully saturated rings. The molecule has 0 aliphatic rings. The smallest absolute Gasteiger partial charge is 0.328 e. The molecular weight excluding hydrogens is 309 g/mol. The average Bonchev–Trinajstić information content (AvgIpc) is 2.53. The van der Waals surface area contributed by atoms with E-state index in [0.29, 0.717) is 5.56 Å². The summed E-state index contributed by atoms with van der Waals surface area (Å²) in [5.41, 5.74) is 0.425. The second-order valence-electron chi connectivity index (χ2n) is 4.45. The van der Waals surface area contributed by atoms with Crippen LogP contribution in [0.15, 0.2) is 59.5 Å². The number of benzene rings is 2. The minimum atomic E-state index is -4.08. The van der Waals surface area contributed by atoms with Crippen LogP contribution in [0.5, 0.6) is 0 Å². The number of esters is 1. The zero-order valence-electron chi connectivity index (χ0n) is 11.7. The van der Waals surface area contributed by atoms with Gasteiger partial charge in [-0.2, -0.15) is 4.72 Å². The topological polar surface area (TPSA) is 72.5 Å². The van der Waals surface area contributed by atoms with Crippen molar-refractivity contribution < 1.29 is 22.3 Å². The molecule has 2 aromatic carbocycles. The highest BCUT2D eigenvalue weighted by atomic mass is 32.2. The normalized spacial score (nSPS) is 12.6. The lowest BCUT2D eigenvalue weighted by molar-refractivity contribution is -0.142. The Morgan fingerprint density at radius 2 is 1.82 bits per heavy atom. The van der Waals surface area contributed by atoms with Gasteiger partial charge in [-0.3, -0.25) is 0 Å². The van der Waals surface area contributed by atoms with Gasteiger partial charge in [-0.15, -0.1) is 0 Å². The van der Waals surface area contributed by atoms with E-state index in [9.17, 15) is 17.6 Å². The molecule has 1 N–H and O–H groups in total. The predicted octanol–water partition coefficient (Wildman–Crippen LogP) is 2.02. The first-order chi connectivity index (χ1) is 10.4. The second-order valence-corrected chi connectivity index (χ2v) is 6.16. The molecule has 0 radical (unpaired) electrons. The molecule has 0 saturated heterocycles. The molecule has 0 amide bonds. The molecule has 2 aromatic rings. The Morgan fingerprint density at radius 3 is 2.41 bits per heavy atom. The summed E-state index contributed by atoms with van der Waals surface area (Å²) in [4.78, 5) is 11.6. The molecule has 0 heterocycles. The number of carbonyl (C=O) groups is 1. The SMILES string of the molecule is COC(=O)C(NS(=O)(=O)c1cccc(F)c1)c1ccccc1. The fourth-order valence-electron chi connectivity index (χ4n) is 1.87. The molecule has 7 heteroatoms. The molecule has 22 heavy (non-hydrogen) atoms. The van der Waals surface area contributed by atoms with Gasteiger partial charge in [0.05, 0.1) is 12.0 Å². The van der Waals surface area contributed by atoms with Crippen LogP contribution in [0.25, 0.3) is 0 Å². The van der Waals surface area contributed by atoms with Crippen LogP contribution in [-0.4, -0.2) is 21.5 Å². The van der Waals surface area contributed by atoms with Gasteiger partial charge in [-0.05, 0) is 23.8 Å². The quantitative estimate of drug-likeness (QED) is 0.855. The van der Waals surface area contributed by atoms with E-state index >= 15 is 0 Å². The Labute approximate surface area is 127 Å².